The number of aromatic nitrogens is 1. The number of hydrogen-bond acceptors (Lipinski definition) is 3. The van der Waals surface area contributed by atoms with Crippen molar-refractivity contribution < 1.29 is 5.11 Å². The van der Waals surface area contributed by atoms with Crippen molar-refractivity contribution in [1.82, 2.24) is 10.3 Å². The summed E-state index contributed by atoms with van der Waals surface area (Å²) >= 11 is 0. The molecule has 2 unspecified atom stereocenters. The van der Waals surface area contributed by atoms with Gasteiger partial charge in [0.2, 0.25) is 0 Å². The van der Waals surface area contributed by atoms with Gasteiger partial charge < -0.3 is 10.4 Å². The van der Waals surface area contributed by atoms with Gasteiger partial charge in [-0.25, -0.2) is 0 Å². The maximum atomic E-state index is 9.70. The minimum Gasteiger partial charge on any atom is -0.393 e. The van der Waals surface area contributed by atoms with Crippen LogP contribution in [0.25, 0.3) is 10.8 Å². The first-order valence-electron chi connectivity index (χ1n) is 7.53. The second-order valence-corrected chi connectivity index (χ2v) is 5.83. The Labute approximate surface area is 120 Å². The third kappa shape index (κ3) is 3.17. The molecule has 3 rings (SSSR count). The molecule has 106 valence electrons. The van der Waals surface area contributed by atoms with E-state index in [2.05, 4.69) is 34.6 Å². The van der Waals surface area contributed by atoms with Crippen molar-refractivity contribution in [1.29, 1.82) is 0 Å². The summed E-state index contributed by atoms with van der Waals surface area (Å²) in [5, 5.41) is 15.7. The van der Waals surface area contributed by atoms with Gasteiger partial charge in [0.15, 0.2) is 0 Å². The molecule has 1 heterocycles. The molecule has 2 atom stereocenters. The van der Waals surface area contributed by atoms with Crippen molar-refractivity contribution in [3.05, 3.63) is 42.2 Å². The summed E-state index contributed by atoms with van der Waals surface area (Å²) in [6.07, 6.45) is 8.01. The molecule has 0 bridgehead atoms. The Morgan fingerprint density at radius 1 is 1.25 bits per heavy atom. The van der Waals surface area contributed by atoms with E-state index < -0.39 is 0 Å². The molecule has 0 aliphatic heterocycles. The number of aliphatic hydroxyl groups is 1. The second-order valence-electron chi connectivity index (χ2n) is 5.83. The van der Waals surface area contributed by atoms with Crippen LogP contribution in [0.5, 0.6) is 0 Å². The molecular formula is C17H22N2O. The number of benzene rings is 1. The molecule has 1 aliphatic carbocycles. The van der Waals surface area contributed by atoms with Gasteiger partial charge >= 0.3 is 0 Å². The third-order valence-electron chi connectivity index (χ3n) is 4.27. The van der Waals surface area contributed by atoms with E-state index in [1.807, 2.05) is 12.4 Å². The van der Waals surface area contributed by atoms with Crippen molar-refractivity contribution in [2.45, 2.75) is 38.3 Å². The second kappa shape index (κ2) is 6.33. The van der Waals surface area contributed by atoms with Gasteiger partial charge in [-0.3, -0.25) is 4.98 Å². The number of nitrogens with zero attached hydrogens (tertiary/aromatic N) is 1. The van der Waals surface area contributed by atoms with E-state index in [-0.39, 0.29) is 6.10 Å². The van der Waals surface area contributed by atoms with Gasteiger partial charge in [0.25, 0.3) is 0 Å². The zero-order chi connectivity index (χ0) is 13.8. The number of pyridine rings is 1. The van der Waals surface area contributed by atoms with E-state index in [4.69, 9.17) is 0 Å². The van der Waals surface area contributed by atoms with E-state index in [0.717, 1.165) is 32.4 Å². The molecule has 20 heavy (non-hydrogen) atoms. The highest BCUT2D eigenvalue weighted by molar-refractivity contribution is 5.84. The van der Waals surface area contributed by atoms with Crippen molar-refractivity contribution in [3.8, 4) is 0 Å². The summed E-state index contributed by atoms with van der Waals surface area (Å²) in [5.41, 5.74) is 1.32. The number of fused-ring (bicyclic) bond motifs is 1. The highest BCUT2D eigenvalue weighted by Crippen LogP contribution is 2.24. The SMILES string of the molecule is OC1CCCC(CNCc2cccc3cnccc23)C1. The topological polar surface area (TPSA) is 45.1 Å². The van der Waals surface area contributed by atoms with Crippen molar-refractivity contribution >= 4 is 10.8 Å². The van der Waals surface area contributed by atoms with E-state index in [9.17, 15) is 5.11 Å². The lowest BCUT2D eigenvalue weighted by atomic mass is 9.87. The van der Waals surface area contributed by atoms with Gasteiger partial charge in [-0.2, -0.15) is 0 Å². The Morgan fingerprint density at radius 2 is 2.20 bits per heavy atom. The molecule has 1 saturated carbocycles. The van der Waals surface area contributed by atoms with E-state index in [1.165, 1.54) is 22.8 Å². The van der Waals surface area contributed by atoms with Crippen LogP contribution < -0.4 is 5.32 Å². The van der Waals surface area contributed by atoms with Crippen LogP contribution in [0.2, 0.25) is 0 Å². The zero-order valence-electron chi connectivity index (χ0n) is 11.8. The number of rotatable bonds is 4. The molecular weight excluding hydrogens is 248 g/mol. The fourth-order valence-corrected chi connectivity index (χ4v) is 3.20. The third-order valence-corrected chi connectivity index (χ3v) is 4.27. The molecule has 2 N–H and O–H groups in total. The van der Waals surface area contributed by atoms with Crippen LogP contribution in [0, 0.1) is 5.92 Å². The average molecular weight is 270 g/mol. The Bertz CT molecular complexity index is 564. The molecule has 1 aromatic heterocycles. The Balaban J connectivity index is 1.60. The van der Waals surface area contributed by atoms with Gasteiger partial charge in [0.05, 0.1) is 6.10 Å². The molecule has 1 aromatic carbocycles. The summed E-state index contributed by atoms with van der Waals surface area (Å²) < 4.78 is 0. The maximum absolute atomic E-state index is 9.70. The summed E-state index contributed by atoms with van der Waals surface area (Å²) in [4.78, 5) is 4.17. The molecule has 3 heteroatoms. The molecule has 0 radical (unpaired) electrons. The van der Waals surface area contributed by atoms with Crippen molar-refractivity contribution in [2.24, 2.45) is 5.92 Å². The smallest absolute Gasteiger partial charge is 0.0543 e. The largest absolute Gasteiger partial charge is 0.393 e. The van der Waals surface area contributed by atoms with Crippen LogP contribution in [-0.2, 0) is 6.54 Å². The molecule has 0 saturated heterocycles. The summed E-state index contributed by atoms with van der Waals surface area (Å²) in [6.45, 7) is 1.88. The first kappa shape index (κ1) is 13.5. The monoisotopic (exact) mass is 270 g/mol. The average Bonchev–Trinajstić information content (AvgIpc) is 2.48. The van der Waals surface area contributed by atoms with E-state index >= 15 is 0 Å². The Hall–Kier alpha value is -1.45. The summed E-state index contributed by atoms with van der Waals surface area (Å²) in [5.74, 6) is 0.621. The van der Waals surface area contributed by atoms with E-state index in [1.54, 1.807) is 0 Å². The quantitative estimate of drug-likeness (QED) is 0.898. The molecule has 0 spiro atoms. The van der Waals surface area contributed by atoms with E-state index in [0.29, 0.717) is 5.92 Å². The molecule has 2 aromatic rings. The standard InChI is InChI=1S/C17H22N2O/c20-16-6-1-3-13(9-16)10-19-12-15-5-2-4-14-11-18-8-7-17(14)15/h2,4-5,7-8,11,13,16,19-20H,1,3,6,9-10,12H2. The predicted molar refractivity (Wildman–Crippen MR) is 81.4 cm³/mol. The molecule has 3 nitrogen and oxygen atoms in total. The predicted octanol–water partition coefficient (Wildman–Crippen LogP) is 2.88. The van der Waals surface area contributed by atoms with Gasteiger partial charge in [-0.1, -0.05) is 24.6 Å². The van der Waals surface area contributed by atoms with Crippen LogP contribution in [0.1, 0.15) is 31.2 Å². The minimum atomic E-state index is -0.0841. The number of aliphatic hydroxyl groups excluding tert-OH is 1. The van der Waals surface area contributed by atoms with Crippen LogP contribution in [0.15, 0.2) is 36.7 Å². The van der Waals surface area contributed by atoms with Crippen LogP contribution in [0.4, 0.5) is 0 Å². The zero-order valence-corrected chi connectivity index (χ0v) is 11.8. The van der Waals surface area contributed by atoms with Crippen LogP contribution >= 0.6 is 0 Å². The normalized spacial score (nSPS) is 23.1. The Kier molecular flexibility index (Phi) is 4.28. The van der Waals surface area contributed by atoms with Gasteiger partial charge in [0, 0.05) is 24.3 Å². The number of nitrogens with one attached hydrogen (secondary N) is 1. The summed E-state index contributed by atoms with van der Waals surface area (Å²) in [6, 6.07) is 8.44. The maximum Gasteiger partial charge on any atom is 0.0543 e. The lowest BCUT2D eigenvalue weighted by Gasteiger charge is -2.26. The van der Waals surface area contributed by atoms with Gasteiger partial charge in [0.1, 0.15) is 0 Å². The lowest BCUT2D eigenvalue weighted by Crippen LogP contribution is -2.28. The van der Waals surface area contributed by atoms with Crippen molar-refractivity contribution in [2.75, 3.05) is 6.54 Å². The highest BCUT2D eigenvalue weighted by Gasteiger charge is 2.19. The number of hydrogen-bond donors (Lipinski definition) is 2. The minimum absolute atomic E-state index is 0.0841. The highest BCUT2D eigenvalue weighted by atomic mass is 16.3. The first-order chi connectivity index (χ1) is 9.83. The fraction of sp³-hybridized carbons (Fsp3) is 0.471. The molecule has 1 fully saturated rings. The van der Waals surface area contributed by atoms with Crippen molar-refractivity contribution in [3.63, 3.8) is 0 Å². The molecule has 1 aliphatic rings. The lowest BCUT2D eigenvalue weighted by molar-refractivity contribution is 0.101. The molecule has 0 amide bonds. The van der Waals surface area contributed by atoms with Gasteiger partial charge in [-0.05, 0) is 48.7 Å². The fourth-order valence-electron chi connectivity index (χ4n) is 3.20. The Morgan fingerprint density at radius 3 is 3.10 bits per heavy atom. The first-order valence-corrected chi connectivity index (χ1v) is 7.53. The van der Waals surface area contributed by atoms with Gasteiger partial charge in [-0.15, -0.1) is 0 Å². The van der Waals surface area contributed by atoms with Crippen LogP contribution in [0.3, 0.4) is 0 Å². The van der Waals surface area contributed by atoms with Crippen LogP contribution in [-0.4, -0.2) is 22.7 Å². The summed E-state index contributed by atoms with van der Waals surface area (Å²) in [7, 11) is 0.